The minimum absolute atomic E-state index is 0.179. The molecule has 2 N–H and O–H groups in total. The third kappa shape index (κ3) is 6.26. The van der Waals surface area contributed by atoms with Gasteiger partial charge in [-0.05, 0) is 35.4 Å². The molecular formula is C18H20BrF2NO3. The summed E-state index contributed by atoms with van der Waals surface area (Å²) in [7, 11) is 1.54. The Labute approximate surface area is 153 Å². The first-order chi connectivity index (χ1) is 12.0. The third-order valence-electron chi connectivity index (χ3n) is 3.51. The van der Waals surface area contributed by atoms with Crippen LogP contribution in [0.15, 0.2) is 46.9 Å². The van der Waals surface area contributed by atoms with Crippen LogP contribution in [0.3, 0.4) is 0 Å². The molecule has 1 atom stereocenters. The summed E-state index contributed by atoms with van der Waals surface area (Å²) in [5.41, 5.74) is 1.87. The van der Waals surface area contributed by atoms with Crippen LogP contribution in [-0.2, 0) is 13.2 Å². The summed E-state index contributed by atoms with van der Waals surface area (Å²) < 4.78 is 36.6. The van der Waals surface area contributed by atoms with E-state index in [2.05, 4.69) is 21.2 Å². The van der Waals surface area contributed by atoms with Gasteiger partial charge in [0.25, 0.3) is 6.43 Å². The van der Waals surface area contributed by atoms with E-state index in [0.717, 1.165) is 15.6 Å². The first-order valence-corrected chi connectivity index (χ1v) is 8.50. The minimum Gasteiger partial charge on any atom is -0.493 e. The second-order valence-corrected chi connectivity index (χ2v) is 6.35. The highest BCUT2D eigenvalue weighted by molar-refractivity contribution is 9.10. The number of aliphatic hydroxyl groups excluding tert-OH is 1. The molecule has 2 aromatic carbocycles. The van der Waals surface area contributed by atoms with Crippen LogP contribution in [0.2, 0.25) is 0 Å². The number of rotatable bonds is 9. The Bertz CT molecular complexity index is 668. The van der Waals surface area contributed by atoms with Crippen LogP contribution in [-0.4, -0.2) is 31.3 Å². The van der Waals surface area contributed by atoms with Crippen molar-refractivity contribution in [1.29, 1.82) is 0 Å². The molecule has 0 saturated heterocycles. The lowest BCUT2D eigenvalue weighted by Gasteiger charge is -2.14. The number of halogens is 3. The Kier molecular flexibility index (Phi) is 7.61. The fraction of sp³-hybridized carbons (Fsp3) is 0.333. The average Bonchev–Trinajstić information content (AvgIpc) is 2.61. The van der Waals surface area contributed by atoms with Crippen molar-refractivity contribution in [3.63, 3.8) is 0 Å². The largest absolute Gasteiger partial charge is 0.493 e. The molecule has 4 nitrogen and oxygen atoms in total. The standard InChI is InChI=1S/C18H20BrF2NO3/c1-24-17-8-13(9-22-10-15(23)18(20)21)4-7-16(17)25-11-12-2-5-14(19)6-3-12/h2-8,15,18,22-23H,9-11H2,1H3. The second-order valence-electron chi connectivity index (χ2n) is 5.43. The van der Waals surface area contributed by atoms with Crippen molar-refractivity contribution >= 4 is 15.9 Å². The van der Waals surface area contributed by atoms with E-state index in [1.165, 1.54) is 0 Å². The van der Waals surface area contributed by atoms with Gasteiger partial charge < -0.3 is 19.9 Å². The highest BCUT2D eigenvalue weighted by Gasteiger charge is 2.15. The number of nitrogens with one attached hydrogen (secondary N) is 1. The maximum atomic E-state index is 12.2. The van der Waals surface area contributed by atoms with E-state index >= 15 is 0 Å². The van der Waals surface area contributed by atoms with E-state index in [0.29, 0.717) is 24.7 Å². The van der Waals surface area contributed by atoms with Crippen LogP contribution in [0.1, 0.15) is 11.1 Å². The summed E-state index contributed by atoms with van der Waals surface area (Å²) >= 11 is 3.39. The van der Waals surface area contributed by atoms with Crippen molar-refractivity contribution < 1.29 is 23.4 Å². The maximum absolute atomic E-state index is 12.2. The normalized spacial score (nSPS) is 12.2. The van der Waals surface area contributed by atoms with E-state index in [1.807, 2.05) is 30.3 Å². The van der Waals surface area contributed by atoms with Gasteiger partial charge >= 0.3 is 0 Å². The number of alkyl halides is 2. The summed E-state index contributed by atoms with van der Waals surface area (Å²) in [6.07, 6.45) is -4.42. The van der Waals surface area contributed by atoms with Gasteiger partial charge in [-0.15, -0.1) is 0 Å². The van der Waals surface area contributed by atoms with Crippen LogP contribution in [0.25, 0.3) is 0 Å². The number of methoxy groups -OCH3 is 1. The zero-order valence-electron chi connectivity index (χ0n) is 13.7. The van der Waals surface area contributed by atoms with Gasteiger partial charge in [0.1, 0.15) is 12.7 Å². The van der Waals surface area contributed by atoms with Gasteiger partial charge in [0.2, 0.25) is 0 Å². The van der Waals surface area contributed by atoms with Crippen LogP contribution in [0, 0.1) is 0 Å². The maximum Gasteiger partial charge on any atom is 0.265 e. The lowest BCUT2D eigenvalue weighted by Crippen LogP contribution is -2.31. The zero-order chi connectivity index (χ0) is 18.2. The molecule has 0 bridgehead atoms. The van der Waals surface area contributed by atoms with Crippen molar-refractivity contribution in [1.82, 2.24) is 5.32 Å². The molecule has 0 saturated carbocycles. The van der Waals surface area contributed by atoms with Crippen LogP contribution in [0.5, 0.6) is 11.5 Å². The first-order valence-electron chi connectivity index (χ1n) is 7.70. The predicted octanol–water partition coefficient (Wildman–Crippen LogP) is 3.75. The first kappa shape index (κ1) is 19.6. The molecule has 0 aliphatic carbocycles. The summed E-state index contributed by atoms with van der Waals surface area (Å²) in [6.45, 7) is 0.566. The molecule has 1 unspecified atom stereocenters. The fourth-order valence-corrected chi connectivity index (χ4v) is 2.40. The Balaban J connectivity index is 1.92. The Morgan fingerprint density at radius 3 is 2.40 bits per heavy atom. The molecule has 0 aromatic heterocycles. The van der Waals surface area contributed by atoms with Gasteiger partial charge in [-0.25, -0.2) is 8.78 Å². The van der Waals surface area contributed by atoms with Crippen molar-refractivity contribution in [2.45, 2.75) is 25.7 Å². The Hall–Kier alpha value is -1.70. The van der Waals surface area contributed by atoms with Gasteiger partial charge in [0.15, 0.2) is 11.5 Å². The summed E-state index contributed by atoms with van der Waals surface area (Å²) in [6, 6.07) is 13.2. The quantitative estimate of drug-likeness (QED) is 0.654. The van der Waals surface area contributed by atoms with E-state index in [4.69, 9.17) is 14.6 Å². The summed E-state index contributed by atoms with van der Waals surface area (Å²) in [4.78, 5) is 0. The van der Waals surface area contributed by atoms with Crippen LogP contribution >= 0.6 is 15.9 Å². The lowest BCUT2D eigenvalue weighted by molar-refractivity contribution is -0.00340. The number of hydrogen-bond acceptors (Lipinski definition) is 4. The molecule has 0 aliphatic rings. The summed E-state index contributed by atoms with van der Waals surface area (Å²) in [5, 5.41) is 11.9. The highest BCUT2D eigenvalue weighted by Crippen LogP contribution is 2.29. The van der Waals surface area contributed by atoms with Gasteiger partial charge in [-0.1, -0.05) is 34.1 Å². The number of aliphatic hydroxyl groups is 1. The van der Waals surface area contributed by atoms with Gasteiger partial charge in [0, 0.05) is 17.6 Å². The van der Waals surface area contributed by atoms with E-state index in [9.17, 15) is 8.78 Å². The van der Waals surface area contributed by atoms with Gasteiger partial charge in [-0.3, -0.25) is 0 Å². The van der Waals surface area contributed by atoms with Crippen molar-refractivity contribution in [2.24, 2.45) is 0 Å². The molecule has 0 aliphatic heterocycles. The molecule has 136 valence electrons. The molecule has 2 rings (SSSR count). The Morgan fingerprint density at radius 1 is 1.08 bits per heavy atom. The van der Waals surface area contributed by atoms with Gasteiger partial charge in [0.05, 0.1) is 7.11 Å². The lowest BCUT2D eigenvalue weighted by atomic mass is 10.2. The average molecular weight is 416 g/mol. The molecular weight excluding hydrogens is 396 g/mol. The van der Waals surface area contributed by atoms with Gasteiger partial charge in [-0.2, -0.15) is 0 Å². The van der Waals surface area contributed by atoms with Crippen molar-refractivity contribution in [2.75, 3.05) is 13.7 Å². The number of ether oxygens (including phenoxy) is 2. The van der Waals surface area contributed by atoms with Crippen LogP contribution < -0.4 is 14.8 Å². The van der Waals surface area contributed by atoms with Crippen molar-refractivity contribution in [3.05, 3.63) is 58.1 Å². The molecule has 0 amide bonds. The zero-order valence-corrected chi connectivity index (χ0v) is 15.3. The molecule has 0 fully saturated rings. The van der Waals surface area contributed by atoms with Crippen molar-refractivity contribution in [3.8, 4) is 11.5 Å². The third-order valence-corrected chi connectivity index (χ3v) is 4.04. The topological polar surface area (TPSA) is 50.7 Å². The summed E-state index contributed by atoms with van der Waals surface area (Å²) in [5.74, 6) is 1.16. The Morgan fingerprint density at radius 2 is 1.76 bits per heavy atom. The van der Waals surface area contributed by atoms with Crippen LogP contribution in [0.4, 0.5) is 8.78 Å². The molecule has 2 aromatic rings. The predicted molar refractivity (Wildman–Crippen MR) is 95.2 cm³/mol. The van der Waals surface area contributed by atoms with E-state index in [1.54, 1.807) is 19.2 Å². The molecule has 0 radical (unpaired) electrons. The minimum atomic E-state index is -2.75. The molecule has 0 spiro atoms. The second kappa shape index (κ2) is 9.70. The monoisotopic (exact) mass is 415 g/mol. The highest BCUT2D eigenvalue weighted by atomic mass is 79.9. The molecule has 0 heterocycles. The fourth-order valence-electron chi connectivity index (χ4n) is 2.14. The molecule has 25 heavy (non-hydrogen) atoms. The number of hydrogen-bond donors (Lipinski definition) is 2. The number of benzene rings is 2. The smallest absolute Gasteiger partial charge is 0.265 e. The SMILES string of the molecule is COc1cc(CNCC(O)C(F)F)ccc1OCc1ccc(Br)cc1. The van der Waals surface area contributed by atoms with E-state index in [-0.39, 0.29) is 6.54 Å². The molecule has 7 heteroatoms. The van der Waals surface area contributed by atoms with E-state index < -0.39 is 12.5 Å².